The van der Waals surface area contributed by atoms with Gasteiger partial charge in [-0.2, -0.15) is 8.78 Å². The molecule has 2 aromatic carbocycles. The van der Waals surface area contributed by atoms with Crippen molar-refractivity contribution >= 4 is 34.3 Å². The van der Waals surface area contributed by atoms with Crippen LogP contribution in [-0.4, -0.2) is 16.6 Å². The van der Waals surface area contributed by atoms with Crippen molar-refractivity contribution in [3.8, 4) is 0 Å². The van der Waals surface area contributed by atoms with Crippen molar-refractivity contribution in [3.05, 3.63) is 65.4 Å². The van der Waals surface area contributed by atoms with E-state index in [1.54, 1.807) is 24.3 Å². The van der Waals surface area contributed by atoms with Gasteiger partial charge in [-0.15, -0.1) is 0 Å². The molecule has 0 aliphatic heterocycles. The number of carbonyl (C=O) groups excluding carboxylic acids is 1. The van der Waals surface area contributed by atoms with Crippen LogP contribution < -0.4 is 5.32 Å². The number of thioether (sulfide) groups is 1. The van der Waals surface area contributed by atoms with Crippen LogP contribution in [-0.2, 0) is 11.2 Å². The SMILES string of the molecule is Cc1nc2ccccc2c(C)c1CC(=O)Nc1ccc(SC(F)F)cc1. The number of anilines is 1. The fraction of sp³-hybridized carbons (Fsp3) is 0.200. The van der Waals surface area contributed by atoms with Gasteiger partial charge in [0.05, 0.1) is 11.9 Å². The zero-order chi connectivity index (χ0) is 18.7. The molecule has 0 saturated carbocycles. The molecule has 134 valence electrons. The Bertz CT molecular complexity index is 942. The lowest BCUT2D eigenvalue weighted by Crippen LogP contribution is -2.16. The molecule has 1 aromatic heterocycles. The lowest BCUT2D eigenvalue weighted by molar-refractivity contribution is -0.115. The van der Waals surface area contributed by atoms with E-state index in [1.807, 2.05) is 38.1 Å². The fourth-order valence-corrected chi connectivity index (χ4v) is 3.42. The number of carbonyl (C=O) groups is 1. The van der Waals surface area contributed by atoms with Crippen molar-refractivity contribution in [2.45, 2.75) is 30.9 Å². The first kappa shape index (κ1) is 18.3. The van der Waals surface area contributed by atoms with Crippen LogP contribution in [0.15, 0.2) is 53.4 Å². The third kappa shape index (κ3) is 4.19. The van der Waals surface area contributed by atoms with Gasteiger partial charge in [-0.3, -0.25) is 9.78 Å². The maximum atomic E-state index is 12.4. The molecule has 3 aromatic rings. The molecule has 6 heteroatoms. The molecule has 3 rings (SSSR count). The Balaban J connectivity index is 1.75. The Hall–Kier alpha value is -2.47. The number of rotatable bonds is 5. The van der Waals surface area contributed by atoms with Crippen LogP contribution in [0, 0.1) is 13.8 Å². The summed E-state index contributed by atoms with van der Waals surface area (Å²) in [4.78, 5) is 17.5. The van der Waals surface area contributed by atoms with Crippen LogP contribution in [0.5, 0.6) is 0 Å². The topological polar surface area (TPSA) is 42.0 Å². The highest BCUT2D eigenvalue weighted by atomic mass is 32.2. The largest absolute Gasteiger partial charge is 0.326 e. The van der Waals surface area contributed by atoms with E-state index in [-0.39, 0.29) is 12.3 Å². The van der Waals surface area contributed by atoms with E-state index in [0.717, 1.165) is 27.7 Å². The van der Waals surface area contributed by atoms with Crippen molar-refractivity contribution in [1.29, 1.82) is 0 Å². The van der Waals surface area contributed by atoms with Gasteiger partial charge in [0, 0.05) is 21.7 Å². The highest BCUT2D eigenvalue weighted by Crippen LogP contribution is 2.26. The summed E-state index contributed by atoms with van der Waals surface area (Å²) in [7, 11) is 0. The Labute approximate surface area is 154 Å². The second-order valence-electron chi connectivity index (χ2n) is 5.95. The molecular formula is C20H18F2N2OS. The Morgan fingerprint density at radius 1 is 1.12 bits per heavy atom. The van der Waals surface area contributed by atoms with Gasteiger partial charge < -0.3 is 5.32 Å². The van der Waals surface area contributed by atoms with Crippen molar-refractivity contribution < 1.29 is 13.6 Å². The zero-order valence-electron chi connectivity index (χ0n) is 14.4. The lowest BCUT2D eigenvalue weighted by Gasteiger charge is -2.13. The molecule has 1 amide bonds. The van der Waals surface area contributed by atoms with Gasteiger partial charge in [-0.05, 0) is 55.3 Å². The number of hydrogen-bond acceptors (Lipinski definition) is 3. The Morgan fingerprint density at radius 3 is 2.50 bits per heavy atom. The minimum atomic E-state index is -2.46. The minimum absolute atomic E-state index is 0.164. The van der Waals surface area contributed by atoms with E-state index in [9.17, 15) is 13.6 Å². The molecule has 0 spiro atoms. The number of nitrogens with zero attached hydrogens (tertiary/aromatic N) is 1. The van der Waals surface area contributed by atoms with Gasteiger partial charge in [0.15, 0.2) is 0 Å². The van der Waals surface area contributed by atoms with Gasteiger partial charge in [0.2, 0.25) is 5.91 Å². The van der Waals surface area contributed by atoms with Crippen LogP contribution in [0.1, 0.15) is 16.8 Å². The second-order valence-corrected chi connectivity index (χ2v) is 7.01. The summed E-state index contributed by atoms with van der Waals surface area (Å²) in [6, 6.07) is 14.2. The molecule has 0 fully saturated rings. The van der Waals surface area contributed by atoms with E-state index in [2.05, 4.69) is 10.3 Å². The monoisotopic (exact) mass is 372 g/mol. The standard InChI is InChI=1S/C20H18F2N2OS/c1-12-16-5-3-4-6-18(16)23-13(2)17(12)11-19(25)24-14-7-9-15(10-8-14)26-20(21)22/h3-10,20H,11H2,1-2H3,(H,24,25). The van der Waals surface area contributed by atoms with Gasteiger partial charge in [-0.1, -0.05) is 30.0 Å². The summed E-state index contributed by atoms with van der Waals surface area (Å²) in [5.74, 6) is -2.62. The van der Waals surface area contributed by atoms with Crippen molar-refractivity contribution in [1.82, 2.24) is 4.98 Å². The smallest absolute Gasteiger partial charge is 0.288 e. The van der Waals surface area contributed by atoms with E-state index >= 15 is 0 Å². The summed E-state index contributed by atoms with van der Waals surface area (Å²) in [5.41, 5.74) is 4.29. The average Bonchev–Trinajstić information content (AvgIpc) is 2.60. The highest BCUT2D eigenvalue weighted by Gasteiger charge is 2.13. The molecule has 0 radical (unpaired) electrons. The zero-order valence-corrected chi connectivity index (χ0v) is 15.2. The molecule has 3 nitrogen and oxygen atoms in total. The number of para-hydroxylation sites is 1. The van der Waals surface area contributed by atoms with Crippen LogP contribution in [0.3, 0.4) is 0 Å². The number of pyridine rings is 1. The third-order valence-electron chi connectivity index (χ3n) is 4.19. The number of halogens is 2. The first-order valence-electron chi connectivity index (χ1n) is 8.13. The summed E-state index contributed by atoms with van der Waals surface area (Å²) in [5, 5.41) is 3.85. The number of benzene rings is 2. The van der Waals surface area contributed by atoms with E-state index in [0.29, 0.717) is 22.3 Å². The molecule has 1 heterocycles. The number of aromatic nitrogens is 1. The summed E-state index contributed by atoms with van der Waals surface area (Å²) < 4.78 is 24.7. The number of fused-ring (bicyclic) bond motifs is 1. The lowest BCUT2D eigenvalue weighted by atomic mass is 9.99. The molecule has 0 saturated heterocycles. The number of nitrogens with one attached hydrogen (secondary N) is 1. The van der Waals surface area contributed by atoms with E-state index < -0.39 is 5.76 Å². The van der Waals surface area contributed by atoms with Crippen LogP contribution >= 0.6 is 11.8 Å². The molecule has 0 unspecified atom stereocenters. The van der Waals surface area contributed by atoms with Gasteiger partial charge >= 0.3 is 0 Å². The number of hydrogen-bond donors (Lipinski definition) is 1. The van der Waals surface area contributed by atoms with Gasteiger partial charge in [-0.25, -0.2) is 0 Å². The van der Waals surface area contributed by atoms with Gasteiger partial charge in [0.1, 0.15) is 0 Å². The van der Waals surface area contributed by atoms with Gasteiger partial charge in [0.25, 0.3) is 5.76 Å². The normalized spacial score (nSPS) is 11.1. The average molecular weight is 372 g/mol. The number of aryl methyl sites for hydroxylation is 2. The summed E-state index contributed by atoms with van der Waals surface area (Å²) in [6.45, 7) is 3.90. The first-order valence-corrected chi connectivity index (χ1v) is 9.01. The molecule has 1 N–H and O–H groups in total. The minimum Gasteiger partial charge on any atom is -0.326 e. The first-order chi connectivity index (χ1) is 12.4. The molecule has 0 atom stereocenters. The molecule has 0 bridgehead atoms. The Morgan fingerprint density at radius 2 is 1.81 bits per heavy atom. The second kappa shape index (κ2) is 7.83. The predicted octanol–water partition coefficient (Wildman–Crippen LogP) is 5.35. The predicted molar refractivity (Wildman–Crippen MR) is 102 cm³/mol. The molecule has 0 aliphatic rings. The van der Waals surface area contributed by atoms with Crippen molar-refractivity contribution in [2.75, 3.05) is 5.32 Å². The summed E-state index contributed by atoms with van der Waals surface area (Å²) >= 11 is 0.479. The Kier molecular flexibility index (Phi) is 5.52. The maximum Gasteiger partial charge on any atom is 0.288 e. The van der Waals surface area contributed by atoms with Crippen LogP contribution in [0.4, 0.5) is 14.5 Å². The summed E-state index contributed by atoms with van der Waals surface area (Å²) in [6.07, 6.45) is 0.211. The molecule has 0 aliphatic carbocycles. The quantitative estimate of drug-likeness (QED) is 0.614. The highest BCUT2D eigenvalue weighted by molar-refractivity contribution is 7.99. The molecular weight excluding hydrogens is 354 g/mol. The third-order valence-corrected chi connectivity index (χ3v) is 4.91. The fourth-order valence-electron chi connectivity index (χ4n) is 2.92. The number of amides is 1. The van der Waals surface area contributed by atoms with Crippen LogP contribution in [0.2, 0.25) is 0 Å². The van der Waals surface area contributed by atoms with E-state index in [1.165, 1.54) is 0 Å². The van der Waals surface area contributed by atoms with E-state index in [4.69, 9.17) is 0 Å². The van der Waals surface area contributed by atoms with Crippen molar-refractivity contribution in [3.63, 3.8) is 0 Å². The van der Waals surface area contributed by atoms with Crippen molar-refractivity contribution in [2.24, 2.45) is 0 Å². The van der Waals surface area contributed by atoms with Crippen LogP contribution in [0.25, 0.3) is 10.9 Å². The number of alkyl halides is 2. The molecule has 26 heavy (non-hydrogen) atoms. The maximum absolute atomic E-state index is 12.4.